The monoisotopic (exact) mass is 390 g/mol. The zero-order valence-electron chi connectivity index (χ0n) is 16.8. The van der Waals surface area contributed by atoms with Crippen LogP contribution in [0.2, 0.25) is 0 Å². The van der Waals surface area contributed by atoms with Crippen molar-refractivity contribution in [2.75, 3.05) is 13.7 Å². The van der Waals surface area contributed by atoms with Crippen molar-refractivity contribution in [1.82, 2.24) is 4.90 Å². The number of ketones is 1. The lowest BCUT2D eigenvalue weighted by Crippen LogP contribution is -2.38. The second kappa shape index (κ2) is 10.8. The van der Waals surface area contributed by atoms with Crippen molar-refractivity contribution in [1.29, 1.82) is 0 Å². The molecule has 0 bridgehead atoms. The minimum absolute atomic E-state index is 0.0545. The average Bonchev–Trinajstić information content (AvgIpc) is 2.70. The first-order valence-electron chi connectivity index (χ1n) is 10.1. The maximum absolute atomic E-state index is 12.3. The summed E-state index contributed by atoms with van der Waals surface area (Å²) >= 11 is 0. The zero-order chi connectivity index (χ0) is 20.5. The second-order valence-electron chi connectivity index (χ2n) is 7.45. The summed E-state index contributed by atoms with van der Waals surface area (Å²) in [6.07, 6.45) is 8.98. The molecule has 1 aliphatic carbocycles. The topological polar surface area (TPSA) is 89.8 Å². The third kappa shape index (κ3) is 6.32. The maximum atomic E-state index is 12.3. The summed E-state index contributed by atoms with van der Waals surface area (Å²) in [7, 11) is 1.92. The van der Waals surface area contributed by atoms with Crippen molar-refractivity contribution < 1.29 is 19.2 Å². The van der Waals surface area contributed by atoms with E-state index in [4.69, 9.17) is 4.74 Å². The fraction of sp³-hybridized carbons (Fsp3) is 0.619. The van der Waals surface area contributed by atoms with Crippen LogP contribution in [-0.2, 0) is 4.79 Å². The second-order valence-corrected chi connectivity index (χ2v) is 7.45. The summed E-state index contributed by atoms with van der Waals surface area (Å²) in [4.78, 5) is 36.2. The Balaban J connectivity index is 1.69. The molecule has 7 nitrogen and oxygen atoms in total. The van der Waals surface area contributed by atoms with Gasteiger partial charge in [-0.25, -0.2) is 0 Å². The SMILES string of the molecule is CC(=O)c1cc(OCCCCCC(=O)N(C)C2CCCCC2)ccc1[N+](=O)[O-]. The molecule has 7 heteroatoms. The van der Waals surface area contributed by atoms with Crippen molar-refractivity contribution in [3.63, 3.8) is 0 Å². The van der Waals surface area contributed by atoms with Gasteiger partial charge in [0.05, 0.1) is 17.1 Å². The Morgan fingerprint density at radius 3 is 2.54 bits per heavy atom. The number of hydrogen-bond donors (Lipinski definition) is 0. The molecule has 1 saturated carbocycles. The van der Waals surface area contributed by atoms with Crippen LogP contribution in [0, 0.1) is 10.1 Å². The molecule has 0 heterocycles. The highest BCUT2D eigenvalue weighted by molar-refractivity contribution is 5.98. The summed E-state index contributed by atoms with van der Waals surface area (Å²) in [5.74, 6) is 0.302. The van der Waals surface area contributed by atoms with E-state index in [9.17, 15) is 19.7 Å². The van der Waals surface area contributed by atoms with Crippen LogP contribution in [0.5, 0.6) is 5.75 Å². The van der Waals surface area contributed by atoms with Crippen molar-refractivity contribution in [2.45, 2.75) is 70.8 Å². The number of rotatable bonds is 10. The first-order chi connectivity index (χ1) is 13.4. The van der Waals surface area contributed by atoms with Gasteiger partial charge in [-0.05, 0) is 51.2 Å². The molecule has 0 saturated heterocycles. The van der Waals surface area contributed by atoms with Crippen LogP contribution in [0.4, 0.5) is 5.69 Å². The molecule has 2 rings (SSSR count). The molecule has 0 N–H and O–H groups in total. The van der Waals surface area contributed by atoms with Crippen molar-refractivity contribution in [3.8, 4) is 5.75 Å². The minimum atomic E-state index is -0.568. The number of carbonyl (C=O) groups is 2. The first-order valence-corrected chi connectivity index (χ1v) is 10.1. The van der Waals surface area contributed by atoms with Crippen LogP contribution in [0.15, 0.2) is 18.2 Å². The van der Waals surface area contributed by atoms with E-state index < -0.39 is 4.92 Å². The molecule has 1 amide bonds. The Morgan fingerprint density at radius 2 is 1.89 bits per heavy atom. The van der Waals surface area contributed by atoms with Gasteiger partial charge in [0, 0.05) is 25.6 Å². The van der Waals surface area contributed by atoms with E-state index in [1.54, 1.807) is 0 Å². The van der Waals surface area contributed by atoms with Gasteiger partial charge in [-0.3, -0.25) is 19.7 Å². The Labute approximate surface area is 166 Å². The van der Waals surface area contributed by atoms with Gasteiger partial charge in [-0.1, -0.05) is 19.3 Å². The number of hydrogen-bond acceptors (Lipinski definition) is 5. The van der Waals surface area contributed by atoms with Crippen LogP contribution in [0.25, 0.3) is 0 Å². The van der Waals surface area contributed by atoms with E-state index in [-0.39, 0.29) is 22.9 Å². The predicted molar refractivity (Wildman–Crippen MR) is 107 cm³/mol. The van der Waals surface area contributed by atoms with Crippen LogP contribution >= 0.6 is 0 Å². The van der Waals surface area contributed by atoms with Crippen LogP contribution in [0.1, 0.15) is 75.1 Å². The third-order valence-corrected chi connectivity index (χ3v) is 5.36. The van der Waals surface area contributed by atoms with Crippen LogP contribution < -0.4 is 4.74 Å². The molecule has 0 spiro atoms. The van der Waals surface area contributed by atoms with Gasteiger partial charge in [0.2, 0.25) is 5.91 Å². The van der Waals surface area contributed by atoms with E-state index in [0.717, 1.165) is 32.1 Å². The fourth-order valence-corrected chi connectivity index (χ4v) is 3.64. The molecule has 0 radical (unpaired) electrons. The number of Topliss-reactive ketones (excluding diaryl/α,β-unsaturated/α-hetero) is 1. The van der Waals surface area contributed by atoms with E-state index in [1.807, 2.05) is 11.9 Å². The van der Waals surface area contributed by atoms with Gasteiger partial charge in [-0.15, -0.1) is 0 Å². The van der Waals surface area contributed by atoms with Gasteiger partial charge < -0.3 is 9.64 Å². The largest absolute Gasteiger partial charge is 0.494 e. The van der Waals surface area contributed by atoms with Crippen molar-refractivity contribution in [3.05, 3.63) is 33.9 Å². The molecule has 28 heavy (non-hydrogen) atoms. The maximum Gasteiger partial charge on any atom is 0.280 e. The molecule has 1 aromatic rings. The smallest absolute Gasteiger partial charge is 0.280 e. The minimum Gasteiger partial charge on any atom is -0.494 e. The van der Waals surface area contributed by atoms with Crippen LogP contribution in [-0.4, -0.2) is 41.2 Å². The number of unbranched alkanes of at least 4 members (excludes halogenated alkanes) is 2. The Hall–Kier alpha value is -2.44. The number of carbonyl (C=O) groups excluding carboxylic acids is 2. The molecule has 154 valence electrons. The standard InChI is InChI=1S/C21H30N2O5/c1-16(24)19-15-18(12-13-20(19)23(26)27)28-14-8-4-7-11-21(25)22(2)17-9-5-3-6-10-17/h12-13,15,17H,3-11,14H2,1-2H3. The molecule has 1 aromatic carbocycles. The quantitative estimate of drug-likeness (QED) is 0.253. The zero-order valence-corrected chi connectivity index (χ0v) is 16.8. The summed E-state index contributed by atoms with van der Waals surface area (Å²) < 4.78 is 5.61. The summed E-state index contributed by atoms with van der Waals surface area (Å²) in [5, 5.41) is 11.0. The average molecular weight is 390 g/mol. The molecule has 0 atom stereocenters. The number of nitro groups is 1. The van der Waals surface area contributed by atoms with Gasteiger partial charge >= 0.3 is 0 Å². The Bertz CT molecular complexity index is 698. The summed E-state index contributed by atoms with van der Waals surface area (Å²) in [6, 6.07) is 4.63. The van der Waals surface area contributed by atoms with Crippen LogP contribution in [0.3, 0.4) is 0 Å². The lowest BCUT2D eigenvalue weighted by Gasteiger charge is -2.31. The van der Waals surface area contributed by atoms with Gasteiger partial charge in [0.25, 0.3) is 5.69 Å². The fourth-order valence-electron chi connectivity index (χ4n) is 3.64. The Kier molecular flexibility index (Phi) is 8.42. The number of amides is 1. The molecule has 0 aliphatic heterocycles. The van der Waals surface area contributed by atoms with E-state index >= 15 is 0 Å². The van der Waals surface area contributed by atoms with E-state index in [2.05, 4.69) is 0 Å². The molecule has 1 aliphatic rings. The predicted octanol–water partition coefficient (Wildman–Crippen LogP) is 4.53. The van der Waals surface area contributed by atoms with Gasteiger partial charge in [0.15, 0.2) is 5.78 Å². The summed E-state index contributed by atoms with van der Waals surface area (Å²) in [6.45, 7) is 1.75. The van der Waals surface area contributed by atoms with E-state index in [0.29, 0.717) is 24.8 Å². The molecule has 1 fully saturated rings. The van der Waals surface area contributed by atoms with Gasteiger partial charge in [0.1, 0.15) is 5.75 Å². The van der Waals surface area contributed by atoms with E-state index in [1.165, 1.54) is 44.4 Å². The number of nitrogens with zero attached hydrogens (tertiary/aromatic N) is 2. The lowest BCUT2D eigenvalue weighted by atomic mass is 9.94. The van der Waals surface area contributed by atoms with Gasteiger partial charge in [-0.2, -0.15) is 0 Å². The number of benzene rings is 1. The summed E-state index contributed by atoms with van der Waals surface area (Å²) in [5.41, 5.74) is -0.153. The van der Waals surface area contributed by atoms with Crippen molar-refractivity contribution in [2.24, 2.45) is 0 Å². The third-order valence-electron chi connectivity index (χ3n) is 5.36. The normalized spacial score (nSPS) is 14.5. The lowest BCUT2D eigenvalue weighted by molar-refractivity contribution is -0.385. The highest BCUT2D eigenvalue weighted by Crippen LogP contribution is 2.25. The highest BCUT2D eigenvalue weighted by Gasteiger charge is 2.21. The molecular formula is C21H30N2O5. The first kappa shape index (κ1) is 21.9. The molecule has 0 aromatic heterocycles. The highest BCUT2D eigenvalue weighted by atomic mass is 16.6. The number of nitro benzene ring substituents is 1. The Morgan fingerprint density at radius 1 is 1.18 bits per heavy atom. The number of ether oxygens (including phenoxy) is 1. The van der Waals surface area contributed by atoms with Crippen molar-refractivity contribution >= 4 is 17.4 Å². The molecular weight excluding hydrogens is 360 g/mol. The molecule has 0 unspecified atom stereocenters.